The molecule has 0 spiro atoms. The summed E-state index contributed by atoms with van der Waals surface area (Å²) in [7, 11) is 0. The van der Waals surface area contributed by atoms with Gasteiger partial charge in [0.2, 0.25) is 0 Å². The van der Waals surface area contributed by atoms with E-state index >= 15 is 0 Å². The average molecular weight is 198 g/mol. The van der Waals surface area contributed by atoms with Crippen molar-refractivity contribution in [2.45, 2.75) is 46.1 Å². The van der Waals surface area contributed by atoms with Crippen LogP contribution in [0.5, 0.6) is 0 Å². The van der Waals surface area contributed by atoms with Crippen LogP contribution in [-0.2, 0) is 0 Å². The van der Waals surface area contributed by atoms with Crippen LogP contribution in [0.25, 0.3) is 0 Å². The second-order valence-corrected chi connectivity index (χ2v) is 5.51. The van der Waals surface area contributed by atoms with Crippen LogP contribution in [0, 0.1) is 5.92 Å². The molecule has 0 bridgehead atoms. The zero-order chi connectivity index (χ0) is 10.6. The summed E-state index contributed by atoms with van der Waals surface area (Å²) in [5.41, 5.74) is 0.373. The van der Waals surface area contributed by atoms with E-state index in [0.29, 0.717) is 5.54 Å². The van der Waals surface area contributed by atoms with Crippen LogP contribution in [0.2, 0.25) is 0 Å². The minimum Gasteiger partial charge on any atom is -0.317 e. The number of nitrogens with one attached hydrogen (secondary N) is 1. The van der Waals surface area contributed by atoms with E-state index in [2.05, 4.69) is 37.9 Å². The summed E-state index contributed by atoms with van der Waals surface area (Å²) in [6.07, 6.45) is 2.55. The molecule has 1 N–H and O–H groups in total. The van der Waals surface area contributed by atoms with E-state index in [-0.39, 0.29) is 0 Å². The minimum atomic E-state index is 0.373. The molecule has 0 aromatic rings. The summed E-state index contributed by atoms with van der Waals surface area (Å²) in [4.78, 5) is 2.67. The predicted molar refractivity (Wildman–Crippen MR) is 62.6 cm³/mol. The zero-order valence-electron chi connectivity index (χ0n) is 10.3. The van der Waals surface area contributed by atoms with Crippen LogP contribution in [-0.4, -0.2) is 36.6 Å². The Hall–Kier alpha value is -0.0800. The molecular formula is C12H26N2. The summed E-state index contributed by atoms with van der Waals surface area (Å²) in [5.74, 6) is 0.779. The van der Waals surface area contributed by atoms with Gasteiger partial charge in [0.25, 0.3) is 0 Å². The van der Waals surface area contributed by atoms with E-state index < -0.39 is 0 Å². The molecule has 1 rings (SSSR count). The summed E-state index contributed by atoms with van der Waals surface area (Å²) >= 11 is 0. The summed E-state index contributed by atoms with van der Waals surface area (Å²) < 4.78 is 0. The highest BCUT2D eigenvalue weighted by Crippen LogP contribution is 2.21. The molecule has 1 aliphatic rings. The third-order valence-electron chi connectivity index (χ3n) is 3.14. The number of rotatable bonds is 2. The summed E-state index contributed by atoms with van der Waals surface area (Å²) in [5, 5.41) is 3.49. The second-order valence-electron chi connectivity index (χ2n) is 5.51. The van der Waals surface area contributed by atoms with Crippen LogP contribution in [0.1, 0.15) is 40.5 Å². The Bertz CT molecular complexity index is 164. The highest BCUT2D eigenvalue weighted by atomic mass is 15.2. The minimum absolute atomic E-state index is 0.373. The molecule has 1 saturated heterocycles. The van der Waals surface area contributed by atoms with Crippen LogP contribution >= 0.6 is 0 Å². The Kier molecular flexibility index (Phi) is 4.39. The first-order valence-electron chi connectivity index (χ1n) is 5.98. The Labute approximate surface area is 89.1 Å². The maximum Gasteiger partial charge on any atom is 0.0165 e. The molecule has 1 aliphatic heterocycles. The highest BCUT2D eigenvalue weighted by Gasteiger charge is 2.27. The molecule has 0 saturated carbocycles. The first-order chi connectivity index (χ1) is 6.52. The number of hydrogen-bond acceptors (Lipinski definition) is 2. The van der Waals surface area contributed by atoms with Crippen molar-refractivity contribution in [1.29, 1.82) is 0 Å². The van der Waals surface area contributed by atoms with Gasteiger partial charge in [-0.05, 0) is 52.2 Å². The maximum atomic E-state index is 3.49. The van der Waals surface area contributed by atoms with Gasteiger partial charge in [-0.3, -0.25) is 4.90 Å². The quantitative estimate of drug-likeness (QED) is 0.731. The third kappa shape index (κ3) is 3.58. The Morgan fingerprint density at radius 2 is 2.00 bits per heavy atom. The van der Waals surface area contributed by atoms with Gasteiger partial charge in [-0.25, -0.2) is 0 Å². The lowest BCUT2D eigenvalue weighted by Gasteiger charge is -2.41. The summed E-state index contributed by atoms with van der Waals surface area (Å²) in [6, 6.07) is 0. The smallest absolute Gasteiger partial charge is 0.0165 e. The molecule has 0 radical (unpaired) electrons. The van der Waals surface area contributed by atoms with Crippen molar-refractivity contribution >= 4 is 0 Å². The molecule has 84 valence electrons. The molecule has 2 heteroatoms. The molecule has 0 aromatic carbocycles. The van der Waals surface area contributed by atoms with E-state index in [1.165, 1.54) is 39.0 Å². The van der Waals surface area contributed by atoms with Crippen LogP contribution < -0.4 is 5.32 Å². The Morgan fingerprint density at radius 1 is 1.29 bits per heavy atom. The van der Waals surface area contributed by atoms with Crippen molar-refractivity contribution in [3.05, 3.63) is 0 Å². The molecule has 0 unspecified atom stereocenters. The average Bonchev–Trinajstić information content (AvgIpc) is 2.05. The fourth-order valence-electron chi connectivity index (χ4n) is 2.15. The second kappa shape index (κ2) is 5.13. The molecule has 0 atom stereocenters. The molecule has 2 nitrogen and oxygen atoms in total. The monoisotopic (exact) mass is 198 g/mol. The molecule has 1 heterocycles. The van der Waals surface area contributed by atoms with Crippen molar-refractivity contribution in [2.75, 3.05) is 26.2 Å². The fraction of sp³-hybridized carbons (Fsp3) is 1.00. The van der Waals surface area contributed by atoms with E-state index in [1.54, 1.807) is 0 Å². The standard InChI is InChI=1S/C12H26N2/c1-11(2)10-14-9-5-7-13-8-6-12(14,3)4/h11,13H,5-10H2,1-4H3. The first-order valence-corrected chi connectivity index (χ1v) is 5.98. The number of nitrogens with zero attached hydrogens (tertiary/aromatic N) is 1. The molecule has 0 aromatic heterocycles. The largest absolute Gasteiger partial charge is 0.317 e. The van der Waals surface area contributed by atoms with E-state index in [4.69, 9.17) is 0 Å². The normalized spacial score (nSPS) is 24.6. The lowest BCUT2D eigenvalue weighted by atomic mass is 9.95. The Balaban J connectivity index is 2.55. The molecular weight excluding hydrogens is 172 g/mol. The predicted octanol–water partition coefficient (Wildman–Crippen LogP) is 2.11. The van der Waals surface area contributed by atoms with Crippen LogP contribution in [0.4, 0.5) is 0 Å². The van der Waals surface area contributed by atoms with Crippen molar-refractivity contribution in [1.82, 2.24) is 10.2 Å². The molecule has 14 heavy (non-hydrogen) atoms. The lowest BCUT2D eigenvalue weighted by molar-refractivity contribution is 0.0874. The van der Waals surface area contributed by atoms with Gasteiger partial charge in [0.15, 0.2) is 0 Å². The van der Waals surface area contributed by atoms with Crippen LogP contribution in [0.15, 0.2) is 0 Å². The van der Waals surface area contributed by atoms with Gasteiger partial charge < -0.3 is 5.32 Å². The van der Waals surface area contributed by atoms with Crippen molar-refractivity contribution in [2.24, 2.45) is 5.92 Å². The third-order valence-corrected chi connectivity index (χ3v) is 3.14. The van der Waals surface area contributed by atoms with Gasteiger partial charge in [-0.2, -0.15) is 0 Å². The van der Waals surface area contributed by atoms with Gasteiger partial charge in [0.1, 0.15) is 0 Å². The van der Waals surface area contributed by atoms with Gasteiger partial charge in [0, 0.05) is 12.1 Å². The van der Waals surface area contributed by atoms with E-state index in [0.717, 1.165) is 5.92 Å². The van der Waals surface area contributed by atoms with Crippen molar-refractivity contribution in [3.63, 3.8) is 0 Å². The van der Waals surface area contributed by atoms with E-state index in [9.17, 15) is 0 Å². The zero-order valence-corrected chi connectivity index (χ0v) is 10.3. The van der Waals surface area contributed by atoms with Gasteiger partial charge >= 0.3 is 0 Å². The molecule has 1 fully saturated rings. The van der Waals surface area contributed by atoms with Gasteiger partial charge in [-0.15, -0.1) is 0 Å². The van der Waals surface area contributed by atoms with Crippen LogP contribution in [0.3, 0.4) is 0 Å². The molecule has 0 amide bonds. The maximum absolute atomic E-state index is 3.49. The van der Waals surface area contributed by atoms with Crippen molar-refractivity contribution < 1.29 is 0 Å². The highest BCUT2D eigenvalue weighted by molar-refractivity contribution is 4.84. The topological polar surface area (TPSA) is 15.3 Å². The Morgan fingerprint density at radius 3 is 2.64 bits per heavy atom. The van der Waals surface area contributed by atoms with Crippen molar-refractivity contribution in [3.8, 4) is 0 Å². The fourth-order valence-corrected chi connectivity index (χ4v) is 2.15. The summed E-state index contributed by atoms with van der Waals surface area (Å²) in [6.45, 7) is 14.2. The van der Waals surface area contributed by atoms with E-state index in [1.807, 2.05) is 0 Å². The van der Waals surface area contributed by atoms with Gasteiger partial charge in [0.05, 0.1) is 0 Å². The first kappa shape index (κ1) is 12.0. The molecule has 0 aliphatic carbocycles. The lowest BCUT2D eigenvalue weighted by Crippen LogP contribution is -2.49. The SMILES string of the molecule is CC(C)CN1CCCNCCC1(C)C. The number of hydrogen-bond donors (Lipinski definition) is 1. The van der Waals surface area contributed by atoms with Gasteiger partial charge in [-0.1, -0.05) is 13.8 Å².